The Morgan fingerprint density at radius 2 is 1.52 bits per heavy atom. The van der Waals surface area contributed by atoms with Gasteiger partial charge in [0, 0.05) is 45.0 Å². The number of benzene rings is 3. The molecule has 0 radical (unpaired) electrons. The van der Waals surface area contributed by atoms with Gasteiger partial charge in [0.25, 0.3) is 0 Å². The molecular formula is C40H53N3O5. The van der Waals surface area contributed by atoms with Crippen LogP contribution in [0.5, 0.6) is 0 Å². The lowest BCUT2D eigenvalue weighted by Crippen LogP contribution is -2.40. The van der Waals surface area contributed by atoms with E-state index in [0.29, 0.717) is 19.5 Å². The minimum atomic E-state index is -0.498. The Balaban J connectivity index is 1.24. The van der Waals surface area contributed by atoms with Gasteiger partial charge in [0.05, 0.1) is 18.8 Å². The van der Waals surface area contributed by atoms with Crippen LogP contribution in [0.25, 0.3) is 11.1 Å². The first-order valence-corrected chi connectivity index (χ1v) is 17.9. The molecule has 2 heterocycles. The molecule has 8 nitrogen and oxygen atoms in total. The fourth-order valence-electron chi connectivity index (χ4n) is 6.68. The molecule has 258 valence electrons. The Kier molecular flexibility index (Phi) is 14.0. The van der Waals surface area contributed by atoms with Crippen molar-refractivity contribution < 1.29 is 24.2 Å². The van der Waals surface area contributed by atoms with Crippen LogP contribution in [0.15, 0.2) is 72.8 Å². The van der Waals surface area contributed by atoms with E-state index >= 15 is 0 Å². The number of aliphatic hydroxyl groups excluding tert-OH is 1. The lowest BCUT2D eigenvalue weighted by molar-refractivity contribution is -0.253. The van der Waals surface area contributed by atoms with Gasteiger partial charge in [-0.15, -0.1) is 0 Å². The Bertz CT molecular complexity index is 1440. The minimum absolute atomic E-state index is 0.0185. The Morgan fingerprint density at radius 3 is 2.27 bits per heavy atom. The van der Waals surface area contributed by atoms with E-state index in [1.807, 2.05) is 24.3 Å². The highest BCUT2D eigenvalue weighted by atomic mass is 16.7. The van der Waals surface area contributed by atoms with Gasteiger partial charge in [-0.05, 0) is 78.7 Å². The minimum Gasteiger partial charge on any atom is -0.392 e. The van der Waals surface area contributed by atoms with Gasteiger partial charge in [-0.25, -0.2) is 0 Å². The van der Waals surface area contributed by atoms with Crippen LogP contribution in [-0.4, -0.2) is 54.1 Å². The average Bonchev–Trinajstić information content (AvgIpc) is 3.10. The second-order valence-corrected chi connectivity index (χ2v) is 13.3. The number of rotatable bonds is 14. The summed E-state index contributed by atoms with van der Waals surface area (Å²) in [6.45, 7) is 5.81. The first kappa shape index (κ1) is 35.7. The number of likely N-dealkylation sites (tertiary alicyclic amines) is 1. The van der Waals surface area contributed by atoms with Gasteiger partial charge < -0.3 is 30.1 Å². The number of hydrogen-bond donors (Lipinski definition) is 3. The largest absolute Gasteiger partial charge is 0.392 e. The normalized spacial score (nSPS) is 20.4. The maximum Gasteiger partial charge on any atom is 0.220 e. The van der Waals surface area contributed by atoms with Crippen molar-refractivity contribution in [3.05, 3.63) is 95.1 Å². The zero-order valence-electron chi connectivity index (χ0n) is 28.5. The maximum absolute atomic E-state index is 12.5. The third-order valence-electron chi connectivity index (χ3n) is 9.39. The van der Waals surface area contributed by atoms with Crippen molar-refractivity contribution >= 4 is 11.8 Å². The molecular weight excluding hydrogens is 602 g/mol. The van der Waals surface area contributed by atoms with E-state index in [0.717, 1.165) is 78.7 Å². The van der Waals surface area contributed by atoms with E-state index in [1.165, 1.54) is 39.0 Å². The van der Waals surface area contributed by atoms with Gasteiger partial charge in [-0.1, -0.05) is 86.3 Å². The summed E-state index contributed by atoms with van der Waals surface area (Å²) in [7, 11) is 0. The number of amides is 2. The van der Waals surface area contributed by atoms with Gasteiger partial charge in [-0.2, -0.15) is 0 Å². The predicted molar refractivity (Wildman–Crippen MR) is 189 cm³/mol. The summed E-state index contributed by atoms with van der Waals surface area (Å²) in [5.74, 6) is 0.0226. The summed E-state index contributed by atoms with van der Waals surface area (Å²) in [5, 5.41) is 15.4. The van der Waals surface area contributed by atoms with E-state index in [-0.39, 0.29) is 30.6 Å². The van der Waals surface area contributed by atoms with Crippen LogP contribution in [0.2, 0.25) is 0 Å². The quantitative estimate of drug-likeness (QED) is 0.162. The van der Waals surface area contributed by atoms with Crippen LogP contribution in [0.3, 0.4) is 0 Å². The molecule has 0 unspecified atom stereocenters. The number of unbranched alkanes of at least 4 members (excludes halogenated alkanes) is 2. The van der Waals surface area contributed by atoms with Gasteiger partial charge in [0.2, 0.25) is 11.8 Å². The van der Waals surface area contributed by atoms with Crippen LogP contribution in [-0.2, 0) is 32.2 Å². The van der Waals surface area contributed by atoms with Gasteiger partial charge >= 0.3 is 0 Å². The lowest BCUT2D eigenvalue weighted by atomic mass is 9.98. The summed E-state index contributed by atoms with van der Waals surface area (Å²) >= 11 is 0. The number of carbonyl (C=O) groups is 2. The molecule has 3 aromatic carbocycles. The highest BCUT2D eigenvalue weighted by Gasteiger charge is 2.33. The number of nitrogens with one attached hydrogen (secondary N) is 2. The molecule has 2 aliphatic rings. The number of nitrogens with zero attached hydrogens (tertiary/aromatic N) is 1. The summed E-state index contributed by atoms with van der Waals surface area (Å²) in [4.78, 5) is 26.0. The van der Waals surface area contributed by atoms with Crippen molar-refractivity contribution in [3.8, 4) is 11.1 Å². The third-order valence-corrected chi connectivity index (χ3v) is 9.39. The molecule has 2 amide bonds. The predicted octanol–water partition coefficient (Wildman–Crippen LogP) is 6.97. The van der Waals surface area contributed by atoms with Crippen LogP contribution in [0.4, 0.5) is 0 Å². The van der Waals surface area contributed by atoms with Crippen LogP contribution >= 0.6 is 0 Å². The molecule has 3 atom stereocenters. The summed E-state index contributed by atoms with van der Waals surface area (Å²) in [6.07, 6.45) is 9.71. The molecule has 2 saturated heterocycles. The molecule has 8 heteroatoms. The van der Waals surface area contributed by atoms with Gasteiger partial charge in [0.1, 0.15) is 0 Å². The van der Waals surface area contributed by atoms with Crippen LogP contribution < -0.4 is 10.6 Å². The molecule has 48 heavy (non-hydrogen) atoms. The van der Waals surface area contributed by atoms with Crippen molar-refractivity contribution in [2.24, 2.45) is 0 Å². The zero-order valence-corrected chi connectivity index (χ0v) is 28.5. The maximum atomic E-state index is 12.5. The van der Waals surface area contributed by atoms with Crippen LogP contribution in [0, 0.1) is 0 Å². The zero-order chi connectivity index (χ0) is 33.6. The van der Waals surface area contributed by atoms with E-state index in [9.17, 15) is 14.7 Å². The average molecular weight is 656 g/mol. The second-order valence-electron chi connectivity index (χ2n) is 13.3. The summed E-state index contributed by atoms with van der Waals surface area (Å²) in [5.41, 5.74) is 6.17. The molecule has 2 aliphatic heterocycles. The first-order valence-electron chi connectivity index (χ1n) is 17.9. The number of aliphatic hydroxyl groups is 1. The molecule has 3 aromatic rings. The standard InChI is InChI=1S/C40H53N3O5/c1-30(45)41-21-7-5-6-16-39(46)42-27-32-12-10-13-34(24-32)35-14-11-15-36(25-35)40-47-37(28-43-22-8-3-2-4-9-23-43)26-38(48-40)33-19-17-31(29-44)18-20-33/h10-15,17-20,24-25,37-38,40,44H,2-9,16,21-23,26-29H2,1H3,(H,41,45)(H,42,46)/t37-,38+,40+/m1/s1. The molecule has 0 bridgehead atoms. The van der Waals surface area contributed by atoms with Crippen molar-refractivity contribution in [2.45, 2.75) is 103 Å². The van der Waals surface area contributed by atoms with E-state index in [4.69, 9.17) is 9.47 Å². The number of carbonyl (C=O) groups excluding carboxylic acids is 2. The fraction of sp³-hybridized carbons (Fsp3) is 0.500. The molecule has 0 spiro atoms. The molecule has 5 rings (SSSR count). The molecule has 3 N–H and O–H groups in total. The van der Waals surface area contributed by atoms with E-state index < -0.39 is 6.29 Å². The fourth-order valence-corrected chi connectivity index (χ4v) is 6.68. The summed E-state index contributed by atoms with van der Waals surface area (Å²) in [6, 6.07) is 24.8. The smallest absolute Gasteiger partial charge is 0.220 e. The number of ether oxygens (including phenoxy) is 2. The highest BCUT2D eigenvalue weighted by Crippen LogP contribution is 2.39. The molecule has 0 aromatic heterocycles. The van der Waals surface area contributed by atoms with Crippen molar-refractivity contribution in [2.75, 3.05) is 26.2 Å². The monoisotopic (exact) mass is 655 g/mol. The molecule has 2 fully saturated rings. The Hall–Kier alpha value is -3.56. The van der Waals surface area contributed by atoms with Crippen molar-refractivity contribution in [3.63, 3.8) is 0 Å². The van der Waals surface area contributed by atoms with Crippen molar-refractivity contribution in [1.82, 2.24) is 15.5 Å². The molecule has 0 saturated carbocycles. The SMILES string of the molecule is CC(=O)NCCCCCC(=O)NCc1cccc(-c2cccc([C@H]3O[C@@H](CN4CCCCCCC4)C[C@@H](c4ccc(CO)cc4)O3)c2)c1. The third kappa shape index (κ3) is 11.3. The second kappa shape index (κ2) is 18.8. The van der Waals surface area contributed by atoms with Gasteiger partial charge in [0.15, 0.2) is 6.29 Å². The summed E-state index contributed by atoms with van der Waals surface area (Å²) < 4.78 is 13.4. The van der Waals surface area contributed by atoms with Gasteiger partial charge in [-0.3, -0.25) is 9.59 Å². The molecule has 0 aliphatic carbocycles. The van der Waals surface area contributed by atoms with Crippen molar-refractivity contribution in [1.29, 1.82) is 0 Å². The first-order chi connectivity index (χ1) is 23.5. The van der Waals surface area contributed by atoms with E-state index in [2.05, 4.69) is 64.1 Å². The number of hydrogen-bond acceptors (Lipinski definition) is 6. The Morgan fingerprint density at radius 1 is 0.792 bits per heavy atom. The lowest BCUT2D eigenvalue weighted by Gasteiger charge is -2.39. The Labute approximate surface area is 286 Å². The van der Waals surface area contributed by atoms with Crippen LogP contribution in [0.1, 0.15) is 106 Å². The topological polar surface area (TPSA) is 100 Å². The highest BCUT2D eigenvalue weighted by molar-refractivity contribution is 5.76. The van der Waals surface area contributed by atoms with E-state index in [1.54, 1.807) is 0 Å².